The lowest BCUT2D eigenvalue weighted by atomic mass is 10.1. The van der Waals surface area contributed by atoms with E-state index < -0.39 is 57.8 Å². The molecule has 0 saturated carbocycles. The van der Waals surface area contributed by atoms with Crippen LogP contribution in [0.2, 0.25) is 0 Å². The number of hydrogen-bond acceptors (Lipinski definition) is 10. The largest absolute Gasteiger partial charge is 0.472 e. The van der Waals surface area contributed by atoms with Crippen LogP contribution >= 0.6 is 7.82 Å². The zero-order chi connectivity index (χ0) is 55.5. The second kappa shape index (κ2) is 57.3. The molecule has 0 spiro atoms. The van der Waals surface area contributed by atoms with Gasteiger partial charge in [0.05, 0.1) is 19.8 Å². The van der Waals surface area contributed by atoms with Crippen molar-refractivity contribution in [1.82, 2.24) is 0 Å². The van der Waals surface area contributed by atoms with Crippen LogP contribution in [0.5, 0.6) is 0 Å². The van der Waals surface area contributed by atoms with Gasteiger partial charge in [0.1, 0.15) is 12.7 Å². The van der Waals surface area contributed by atoms with Gasteiger partial charge in [-0.05, 0) is 122 Å². The summed E-state index contributed by atoms with van der Waals surface area (Å²) in [7, 11) is -4.77. The summed E-state index contributed by atoms with van der Waals surface area (Å²) in [5.74, 6) is -1.53. The van der Waals surface area contributed by atoms with Crippen LogP contribution in [-0.2, 0) is 42.2 Å². The highest BCUT2D eigenvalue weighted by molar-refractivity contribution is 7.47. The average molecular weight is 1080 g/mol. The fourth-order valence-electron chi connectivity index (χ4n) is 7.69. The van der Waals surface area contributed by atoms with E-state index in [9.17, 15) is 28.9 Å². The Labute approximate surface area is 463 Å². The molecule has 0 aliphatic rings. The first kappa shape index (κ1) is 72.1. The predicted molar refractivity (Wildman–Crippen MR) is 316 cm³/mol. The molecule has 0 aromatic carbocycles. The van der Waals surface area contributed by atoms with Gasteiger partial charge in [0, 0.05) is 19.3 Å². The van der Waals surface area contributed by atoms with Crippen LogP contribution in [0.4, 0.5) is 0 Å². The minimum atomic E-state index is -4.77. The molecule has 0 heterocycles. The van der Waals surface area contributed by atoms with Gasteiger partial charge in [-0.15, -0.1) is 0 Å². The molecule has 0 aromatic rings. The van der Waals surface area contributed by atoms with Gasteiger partial charge in [-0.25, -0.2) is 4.57 Å². The molecular weight excluding hydrogens is 976 g/mol. The number of carbonyl (C=O) groups excluding carboxylic acids is 3. The quantitative estimate of drug-likeness (QED) is 0.0197. The number of esters is 3. The highest BCUT2D eigenvalue weighted by Crippen LogP contribution is 2.43. The summed E-state index contributed by atoms with van der Waals surface area (Å²) in [5, 5.41) is 9.81. The molecule has 11 nitrogen and oxygen atoms in total. The van der Waals surface area contributed by atoms with E-state index in [4.69, 9.17) is 23.3 Å². The van der Waals surface area contributed by atoms with E-state index in [1.807, 2.05) is 0 Å². The minimum absolute atomic E-state index is 0.135. The first-order valence-electron chi connectivity index (χ1n) is 29.8. The molecule has 0 aliphatic heterocycles. The Balaban J connectivity index is 4.80. The van der Waals surface area contributed by atoms with Gasteiger partial charge in [0.25, 0.3) is 0 Å². The van der Waals surface area contributed by atoms with Crippen molar-refractivity contribution in [3.63, 3.8) is 0 Å². The highest BCUT2D eigenvalue weighted by atomic mass is 31.2. The number of aliphatic hydroxyl groups is 1. The molecule has 0 fully saturated rings. The molecule has 434 valence electrons. The van der Waals surface area contributed by atoms with Crippen LogP contribution in [0.3, 0.4) is 0 Å². The number of hydrogen-bond donors (Lipinski definition) is 2. The number of ether oxygens (including phenoxy) is 3. The average Bonchev–Trinajstić information content (AvgIpc) is 3.41. The Morgan fingerprint density at radius 3 is 1.07 bits per heavy atom. The maximum Gasteiger partial charge on any atom is 0.472 e. The molecular formula is C64H107O11P. The third kappa shape index (κ3) is 54.9. The summed E-state index contributed by atoms with van der Waals surface area (Å²) in [6.07, 6.45) is 69.0. The van der Waals surface area contributed by atoms with E-state index in [-0.39, 0.29) is 25.9 Å². The standard InChI is InChI=1S/C64H107O11P/c1-4-7-10-13-16-19-22-25-27-29-30-32-34-37-40-43-46-49-52-55-64(68)75-61(57-71-62(66)53-50-47-44-41-38-36-33-31-28-26-23-20-17-14-11-8-5-2)59-73-76(69,70)72-58-60(56-65)74-63(67)54-51-48-45-42-39-35-24-21-18-15-12-9-6-3/h8-9,11-12,16-21,25-28,33,35-36,39,60-61,65H,4-7,10,13-15,22-24,29-32,34,37-38,40-59H2,1-3H3,(H,69,70)/b11-8-,12-9-,19-16-,20-17-,21-18-,27-25-,28-26-,36-33-,39-35-. The minimum Gasteiger partial charge on any atom is -0.462 e. The Bertz CT molecular complexity index is 1690. The molecule has 3 unspecified atom stereocenters. The normalized spacial score (nSPS) is 14.1. The summed E-state index contributed by atoms with van der Waals surface area (Å²) < 4.78 is 39.5. The van der Waals surface area contributed by atoms with Gasteiger partial charge < -0.3 is 24.2 Å². The second-order valence-corrected chi connectivity index (χ2v) is 20.8. The first-order chi connectivity index (χ1) is 37.2. The van der Waals surface area contributed by atoms with E-state index in [1.165, 1.54) is 57.8 Å². The van der Waals surface area contributed by atoms with Gasteiger partial charge in [0.2, 0.25) is 0 Å². The molecule has 0 aliphatic carbocycles. The molecule has 0 aromatic heterocycles. The fraction of sp³-hybridized carbons (Fsp3) is 0.672. The van der Waals surface area contributed by atoms with Crippen molar-refractivity contribution >= 4 is 25.7 Å². The van der Waals surface area contributed by atoms with E-state index >= 15 is 0 Å². The zero-order valence-corrected chi connectivity index (χ0v) is 48.8. The lowest BCUT2D eigenvalue weighted by molar-refractivity contribution is -0.161. The Morgan fingerprint density at radius 1 is 0.382 bits per heavy atom. The number of unbranched alkanes of at least 4 members (excludes halogenated alkanes) is 19. The van der Waals surface area contributed by atoms with Gasteiger partial charge in [-0.1, -0.05) is 207 Å². The maximum atomic E-state index is 12.9. The summed E-state index contributed by atoms with van der Waals surface area (Å²) in [4.78, 5) is 48.6. The monoisotopic (exact) mass is 1080 g/mol. The van der Waals surface area contributed by atoms with E-state index in [0.717, 1.165) is 122 Å². The SMILES string of the molecule is CC/C=C\C/C=C\C/C=C\C/C=C\CCCCCCC(=O)OCC(COP(=O)(O)OCC(CO)OC(=O)CCCCC/C=C\C/C=C\C/C=C\CC)OC(=O)CCCCCCCCCCC/C=C\C/C=C\CCCCC. The molecule has 2 N–H and O–H groups in total. The number of carbonyl (C=O) groups is 3. The molecule has 12 heteroatoms. The van der Waals surface area contributed by atoms with Crippen LogP contribution in [0.25, 0.3) is 0 Å². The van der Waals surface area contributed by atoms with Crippen molar-refractivity contribution in [2.24, 2.45) is 0 Å². The highest BCUT2D eigenvalue weighted by Gasteiger charge is 2.28. The van der Waals surface area contributed by atoms with Crippen molar-refractivity contribution in [2.75, 3.05) is 26.4 Å². The van der Waals surface area contributed by atoms with E-state index in [0.29, 0.717) is 19.3 Å². The zero-order valence-electron chi connectivity index (χ0n) is 47.9. The smallest absolute Gasteiger partial charge is 0.462 e. The Kier molecular flexibility index (Phi) is 54.4. The molecule has 0 amide bonds. The lowest BCUT2D eigenvalue weighted by Crippen LogP contribution is -2.30. The van der Waals surface area contributed by atoms with Gasteiger partial charge in [-0.3, -0.25) is 23.4 Å². The Hall–Kier alpha value is -3.86. The topological polar surface area (TPSA) is 155 Å². The van der Waals surface area contributed by atoms with Crippen LogP contribution < -0.4 is 0 Å². The van der Waals surface area contributed by atoms with Crippen molar-refractivity contribution in [2.45, 2.75) is 251 Å². The summed E-state index contributed by atoms with van der Waals surface area (Å²) in [5.41, 5.74) is 0. The van der Waals surface area contributed by atoms with Crippen LogP contribution in [0.15, 0.2) is 109 Å². The molecule has 0 radical (unpaired) electrons. The number of rotatable bonds is 54. The number of phosphoric ester groups is 1. The fourth-order valence-corrected chi connectivity index (χ4v) is 8.47. The first-order valence-corrected chi connectivity index (χ1v) is 31.3. The summed E-state index contributed by atoms with van der Waals surface area (Å²) in [6, 6.07) is 0. The molecule has 76 heavy (non-hydrogen) atoms. The van der Waals surface area contributed by atoms with Gasteiger partial charge >= 0.3 is 25.7 Å². The molecule has 3 atom stereocenters. The van der Waals surface area contributed by atoms with E-state index in [2.05, 4.69) is 130 Å². The maximum absolute atomic E-state index is 12.9. The Morgan fingerprint density at radius 2 is 0.684 bits per heavy atom. The van der Waals surface area contributed by atoms with E-state index in [1.54, 1.807) is 0 Å². The second-order valence-electron chi connectivity index (χ2n) is 19.4. The van der Waals surface area contributed by atoms with Crippen molar-refractivity contribution in [3.8, 4) is 0 Å². The summed E-state index contributed by atoms with van der Waals surface area (Å²) in [6.45, 7) is 4.32. The van der Waals surface area contributed by atoms with Crippen molar-refractivity contribution < 1.29 is 52.2 Å². The van der Waals surface area contributed by atoms with Crippen molar-refractivity contribution in [3.05, 3.63) is 109 Å². The van der Waals surface area contributed by atoms with Gasteiger partial charge in [-0.2, -0.15) is 0 Å². The molecule has 0 saturated heterocycles. The lowest BCUT2D eigenvalue weighted by Gasteiger charge is -2.21. The number of phosphoric acid groups is 1. The molecule has 0 bridgehead atoms. The summed E-state index contributed by atoms with van der Waals surface area (Å²) >= 11 is 0. The third-order valence-corrected chi connectivity index (χ3v) is 13.1. The predicted octanol–water partition coefficient (Wildman–Crippen LogP) is 17.8. The van der Waals surface area contributed by atoms with Crippen LogP contribution in [0, 0.1) is 0 Å². The number of allylic oxidation sites excluding steroid dienone is 18. The van der Waals surface area contributed by atoms with Crippen molar-refractivity contribution in [1.29, 1.82) is 0 Å². The number of aliphatic hydroxyl groups excluding tert-OH is 1. The van der Waals surface area contributed by atoms with Crippen LogP contribution in [0.1, 0.15) is 239 Å². The van der Waals surface area contributed by atoms with Crippen LogP contribution in [-0.4, -0.2) is 66.5 Å². The molecule has 0 rings (SSSR count). The third-order valence-electron chi connectivity index (χ3n) is 12.2. The van der Waals surface area contributed by atoms with Gasteiger partial charge in [0.15, 0.2) is 6.10 Å².